The number of carbonyl (C=O) groups is 1. The third-order valence-electron chi connectivity index (χ3n) is 5.50. The standard InChI is InChI=1S/C25H30N6OS/c1-5-30(6-2)21-15-13-20(14-16-21)23-27-28-25(29(23)4)33-19(3)24(32)31(18-10-17-26)22-11-8-7-9-12-22/h7-9,11-16,19H,5-6,10,18H2,1-4H3. The van der Waals surface area contributed by atoms with Gasteiger partial charge < -0.3 is 14.4 Å². The molecular formula is C25H30N6OS. The van der Waals surface area contributed by atoms with E-state index in [-0.39, 0.29) is 17.6 Å². The quantitative estimate of drug-likeness (QED) is 0.405. The monoisotopic (exact) mass is 462 g/mol. The summed E-state index contributed by atoms with van der Waals surface area (Å²) in [5.41, 5.74) is 2.95. The van der Waals surface area contributed by atoms with Crippen LogP contribution in [-0.2, 0) is 11.8 Å². The molecule has 0 fully saturated rings. The van der Waals surface area contributed by atoms with Crippen molar-refractivity contribution in [3.63, 3.8) is 0 Å². The zero-order valence-corrected chi connectivity index (χ0v) is 20.4. The molecule has 1 amide bonds. The molecule has 7 nitrogen and oxygen atoms in total. The van der Waals surface area contributed by atoms with Crippen LogP contribution in [0.2, 0.25) is 0 Å². The zero-order chi connectivity index (χ0) is 23.8. The third-order valence-corrected chi connectivity index (χ3v) is 6.62. The van der Waals surface area contributed by atoms with Gasteiger partial charge in [-0.3, -0.25) is 4.79 Å². The van der Waals surface area contributed by atoms with E-state index in [1.807, 2.05) is 48.9 Å². The van der Waals surface area contributed by atoms with Gasteiger partial charge in [-0.15, -0.1) is 10.2 Å². The lowest BCUT2D eigenvalue weighted by Gasteiger charge is -2.24. The Kier molecular flexibility index (Phi) is 8.50. The molecule has 0 saturated heterocycles. The minimum atomic E-state index is -0.385. The van der Waals surface area contributed by atoms with Gasteiger partial charge in [0.05, 0.1) is 17.7 Å². The zero-order valence-electron chi connectivity index (χ0n) is 19.6. The van der Waals surface area contributed by atoms with E-state index >= 15 is 0 Å². The largest absolute Gasteiger partial charge is 0.372 e. The van der Waals surface area contributed by atoms with Crippen molar-refractivity contribution in [1.82, 2.24) is 14.8 Å². The van der Waals surface area contributed by atoms with Crippen molar-refractivity contribution in [1.29, 1.82) is 5.26 Å². The van der Waals surface area contributed by atoms with Crippen LogP contribution in [0.25, 0.3) is 11.4 Å². The Morgan fingerprint density at radius 3 is 2.33 bits per heavy atom. The lowest BCUT2D eigenvalue weighted by molar-refractivity contribution is -0.117. The van der Waals surface area contributed by atoms with Crippen molar-refractivity contribution in [2.24, 2.45) is 7.05 Å². The van der Waals surface area contributed by atoms with Gasteiger partial charge in [0.1, 0.15) is 0 Å². The number of anilines is 2. The molecule has 0 aliphatic carbocycles. The number of carbonyl (C=O) groups excluding carboxylic acids is 1. The van der Waals surface area contributed by atoms with Crippen LogP contribution in [0.15, 0.2) is 59.8 Å². The molecule has 33 heavy (non-hydrogen) atoms. The first-order valence-electron chi connectivity index (χ1n) is 11.1. The molecule has 1 atom stereocenters. The van der Waals surface area contributed by atoms with Crippen molar-refractivity contribution in [3.8, 4) is 17.5 Å². The molecule has 2 aromatic carbocycles. The number of aromatic nitrogens is 3. The van der Waals surface area contributed by atoms with Gasteiger partial charge in [0.25, 0.3) is 0 Å². The predicted molar refractivity (Wildman–Crippen MR) is 134 cm³/mol. The lowest BCUT2D eigenvalue weighted by atomic mass is 10.2. The van der Waals surface area contributed by atoms with E-state index in [1.165, 1.54) is 17.4 Å². The van der Waals surface area contributed by atoms with E-state index in [2.05, 4.69) is 59.3 Å². The smallest absolute Gasteiger partial charge is 0.240 e. The Hall–Kier alpha value is -3.31. The van der Waals surface area contributed by atoms with Crippen LogP contribution in [0.4, 0.5) is 11.4 Å². The molecule has 1 aromatic heterocycles. The van der Waals surface area contributed by atoms with E-state index in [1.54, 1.807) is 4.90 Å². The molecule has 8 heteroatoms. The highest BCUT2D eigenvalue weighted by molar-refractivity contribution is 8.00. The highest BCUT2D eigenvalue weighted by Gasteiger charge is 2.25. The summed E-state index contributed by atoms with van der Waals surface area (Å²) in [7, 11) is 1.91. The van der Waals surface area contributed by atoms with Gasteiger partial charge in [0, 0.05) is 43.6 Å². The fourth-order valence-corrected chi connectivity index (χ4v) is 4.52. The summed E-state index contributed by atoms with van der Waals surface area (Å²) in [5.74, 6) is 0.696. The summed E-state index contributed by atoms with van der Waals surface area (Å²) < 4.78 is 1.92. The van der Waals surface area contributed by atoms with Crippen LogP contribution in [0, 0.1) is 11.3 Å². The number of nitriles is 1. The van der Waals surface area contributed by atoms with Crippen LogP contribution in [0.1, 0.15) is 27.2 Å². The molecule has 172 valence electrons. The molecule has 0 aliphatic rings. The van der Waals surface area contributed by atoms with Gasteiger partial charge >= 0.3 is 0 Å². The summed E-state index contributed by atoms with van der Waals surface area (Å²) in [6.07, 6.45) is 0.273. The normalized spacial score (nSPS) is 11.6. The Morgan fingerprint density at radius 1 is 1.06 bits per heavy atom. The fraction of sp³-hybridized carbons (Fsp3) is 0.360. The first-order valence-corrected chi connectivity index (χ1v) is 12.0. The van der Waals surface area contributed by atoms with Crippen LogP contribution < -0.4 is 9.80 Å². The first kappa shape index (κ1) is 24.3. The van der Waals surface area contributed by atoms with Crippen LogP contribution in [0.5, 0.6) is 0 Å². The molecule has 3 rings (SSSR count). The highest BCUT2D eigenvalue weighted by atomic mass is 32.2. The van der Waals surface area contributed by atoms with Crippen LogP contribution in [0.3, 0.4) is 0 Å². The summed E-state index contributed by atoms with van der Waals surface area (Å²) in [5, 5.41) is 18.0. The van der Waals surface area contributed by atoms with Crippen molar-refractivity contribution in [3.05, 3.63) is 54.6 Å². The molecular weight excluding hydrogens is 432 g/mol. The molecule has 1 unspecified atom stereocenters. The van der Waals surface area contributed by atoms with E-state index < -0.39 is 0 Å². The number of hydrogen-bond donors (Lipinski definition) is 0. The minimum absolute atomic E-state index is 0.0606. The van der Waals surface area contributed by atoms with Crippen molar-refractivity contribution < 1.29 is 4.79 Å². The number of benzene rings is 2. The van der Waals surface area contributed by atoms with Crippen LogP contribution >= 0.6 is 11.8 Å². The van der Waals surface area contributed by atoms with E-state index in [0.717, 1.165) is 30.2 Å². The maximum absolute atomic E-state index is 13.2. The SMILES string of the molecule is CCN(CC)c1ccc(-c2nnc(SC(C)C(=O)N(CCC#N)c3ccccc3)n2C)cc1. The summed E-state index contributed by atoms with van der Waals surface area (Å²) in [6.45, 7) is 8.42. The van der Waals surface area contributed by atoms with Gasteiger partial charge in [-0.2, -0.15) is 5.26 Å². The number of thioether (sulfide) groups is 1. The molecule has 0 saturated carbocycles. The van der Waals surface area contributed by atoms with Crippen molar-refractivity contribution in [2.45, 2.75) is 37.6 Å². The van der Waals surface area contributed by atoms with Gasteiger partial charge in [-0.05, 0) is 57.2 Å². The van der Waals surface area contributed by atoms with Crippen molar-refractivity contribution in [2.75, 3.05) is 29.4 Å². The summed E-state index contributed by atoms with van der Waals surface area (Å²) in [4.78, 5) is 17.2. The van der Waals surface area contributed by atoms with Gasteiger partial charge in [-0.25, -0.2) is 0 Å². The molecule has 0 bridgehead atoms. The molecule has 0 radical (unpaired) electrons. The number of para-hydroxylation sites is 1. The van der Waals surface area contributed by atoms with E-state index in [0.29, 0.717) is 11.7 Å². The summed E-state index contributed by atoms with van der Waals surface area (Å²) >= 11 is 1.37. The lowest BCUT2D eigenvalue weighted by Crippen LogP contribution is -2.37. The maximum Gasteiger partial charge on any atom is 0.240 e. The number of hydrogen-bond acceptors (Lipinski definition) is 6. The Labute approximate surface area is 200 Å². The van der Waals surface area contributed by atoms with E-state index in [4.69, 9.17) is 5.26 Å². The Bertz CT molecular complexity index is 1090. The second-order valence-electron chi connectivity index (χ2n) is 7.58. The third kappa shape index (κ3) is 5.74. The Balaban J connectivity index is 1.76. The average Bonchev–Trinajstić information content (AvgIpc) is 3.21. The first-order chi connectivity index (χ1) is 16.0. The predicted octanol–water partition coefficient (Wildman–Crippen LogP) is 4.76. The molecule has 0 aliphatic heterocycles. The second kappa shape index (κ2) is 11.5. The maximum atomic E-state index is 13.2. The molecule has 3 aromatic rings. The van der Waals surface area contributed by atoms with Crippen molar-refractivity contribution >= 4 is 29.0 Å². The second-order valence-corrected chi connectivity index (χ2v) is 8.89. The highest BCUT2D eigenvalue weighted by Crippen LogP contribution is 2.29. The van der Waals surface area contributed by atoms with Gasteiger partial charge in [0.2, 0.25) is 5.91 Å². The molecule has 0 spiro atoms. The summed E-state index contributed by atoms with van der Waals surface area (Å²) in [6, 6.07) is 19.9. The molecule has 0 N–H and O–H groups in total. The minimum Gasteiger partial charge on any atom is -0.372 e. The number of rotatable bonds is 10. The van der Waals surface area contributed by atoms with Gasteiger partial charge in [-0.1, -0.05) is 30.0 Å². The average molecular weight is 463 g/mol. The fourth-order valence-electron chi connectivity index (χ4n) is 3.64. The van der Waals surface area contributed by atoms with Gasteiger partial charge in [0.15, 0.2) is 11.0 Å². The molecule has 1 heterocycles. The van der Waals surface area contributed by atoms with Crippen LogP contribution in [-0.4, -0.2) is 45.6 Å². The topological polar surface area (TPSA) is 78.1 Å². The number of amides is 1. The van der Waals surface area contributed by atoms with E-state index in [9.17, 15) is 4.79 Å². The number of nitrogens with zero attached hydrogens (tertiary/aromatic N) is 6. The Morgan fingerprint density at radius 2 is 1.73 bits per heavy atom.